The van der Waals surface area contributed by atoms with Crippen molar-refractivity contribution in [1.29, 1.82) is 0 Å². The maximum atomic E-state index is 10.6. The number of carbonyl (C=O) groups is 1. The van der Waals surface area contributed by atoms with Gasteiger partial charge in [-0.25, -0.2) is 0 Å². The molecule has 1 saturated heterocycles. The van der Waals surface area contributed by atoms with E-state index in [1.165, 1.54) is 0 Å². The van der Waals surface area contributed by atoms with Gasteiger partial charge in [0.15, 0.2) is 0 Å². The monoisotopic (exact) mass is 187 g/mol. The van der Waals surface area contributed by atoms with Crippen molar-refractivity contribution < 1.29 is 14.6 Å². The first-order valence-corrected chi connectivity index (χ1v) is 4.75. The summed E-state index contributed by atoms with van der Waals surface area (Å²) in [5.74, 6) is -0.780. The standard InChI is InChI=1S/C9H17NO3/c1-2-13-9(6-8(11)12)4-3-5-10-7-9/h10H,2-7H2,1H3,(H,11,12). The third kappa shape index (κ3) is 2.97. The van der Waals surface area contributed by atoms with E-state index >= 15 is 0 Å². The lowest BCUT2D eigenvalue weighted by molar-refractivity contribution is -0.146. The molecule has 76 valence electrons. The lowest BCUT2D eigenvalue weighted by Gasteiger charge is -2.36. The Kier molecular flexibility index (Phi) is 3.69. The molecule has 1 aliphatic heterocycles. The highest BCUT2D eigenvalue weighted by molar-refractivity contribution is 5.68. The first kappa shape index (κ1) is 10.5. The van der Waals surface area contributed by atoms with Crippen LogP contribution in [0.4, 0.5) is 0 Å². The fraction of sp³-hybridized carbons (Fsp3) is 0.889. The summed E-state index contributed by atoms with van der Waals surface area (Å²) in [6.07, 6.45) is 1.95. The van der Waals surface area contributed by atoms with Gasteiger partial charge in [-0.05, 0) is 26.3 Å². The van der Waals surface area contributed by atoms with Crippen LogP contribution in [0, 0.1) is 0 Å². The maximum absolute atomic E-state index is 10.6. The summed E-state index contributed by atoms with van der Waals surface area (Å²) >= 11 is 0. The van der Waals surface area contributed by atoms with Crippen LogP contribution < -0.4 is 5.32 Å². The molecule has 0 bridgehead atoms. The Morgan fingerprint density at radius 3 is 2.92 bits per heavy atom. The molecule has 1 aliphatic rings. The summed E-state index contributed by atoms with van der Waals surface area (Å²) in [5.41, 5.74) is -0.459. The van der Waals surface area contributed by atoms with Crippen LogP contribution in [0.2, 0.25) is 0 Å². The molecule has 0 saturated carbocycles. The van der Waals surface area contributed by atoms with Crippen molar-refractivity contribution in [2.24, 2.45) is 0 Å². The summed E-state index contributed by atoms with van der Waals surface area (Å²) in [5, 5.41) is 11.9. The molecule has 1 fully saturated rings. The quantitative estimate of drug-likeness (QED) is 0.677. The average Bonchev–Trinajstić information content (AvgIpc) is 2.04. The number of aliphatic carboxylic acids is 1. The molecule has 1 atom stereocenters. The number of carboxylic acid groups (broad SMARTS) is 1. The molecule has 0 amide bonds. The SMILES string of the molecule is CCOC1(CC(=O)O)CCCNC1. The van der Waals surface area contributed by atoms with E-state index in [1.807, 2.05) is 6.92 Å². The van der Waals surface area contributed by atoms with Crippen LogP contribution in [0.5, 0.6) is 0 Å². The minimum Gasteiger partial charge on any atom is -0.481 e. The van der Waals surface area contributed by atoms with Gasteiger partial charge in [-0.3, -0.25) is 4.79 Å². The smallest absolute Gasteiger partial charge is 0.306 e. The number of ether oxygens (including phenoxy) is 1. The summed E-state index contributed by atoms with van der Waals surface area (Å²) in [6.45, 7) is 4.11. The fourth-order valence-electron chi connectivity index (χ4n) is 1.85. The van der Waals surface area contributed by atoms with Gasteiger partial charge in [-0.15, -0.1) is 0 Å². The van der Waals surface area contributed by atoms with Gasteiger partial charge in [0.25, 0.3) is 0 Å². The lowest BCUT2D eigenvalue weighted by Crippen LogP contribution is -2.49. The molecule has 1 heterocycles. The van der Waals surface area contributed by atoms with E-state index in [4.69, 9.17) is 9.84 Å². The molecule has 4 heteroatoms. The van der Waals surface area contributed by atoms with E-state index < -0.39 is 11.6 Å². The zero-order chi connectivity index (χ0) is 9.73. The largest absolute Gasteiger partial charge is 0.481 e. The molecule has 0 spiro atoms. The van der Waals surface area contributed by atoms with Gasteiger partial charge >= 0.3 is 5.97 Å². The van der Waals surface area contributed by atoms with E-state index in [9.17, 15) is 4.79 Å². The highest BCUT2D eigenvalue weighted by Crippen LogP contribution is 2.24. The molecule has 2 N–H and O–H groups in total. The molecular formula is C9H17NO3. The molecular weight excluding hydrogens is 170 g/mol. The second kappa shape index (κ2) is 4.58. The fourth-order valence-corrected chi connectivity index (χ4v) is 1.85. The molecule has 0 aliphatic carbocycles. The number of hydrogen-bond donors (Lipinski definition) is 2. The van der Waals surface area contributed by atoms with Gasteiger partial charge in [-0.2, -0.15) is 0 Å². The van der Waals surface area contributed by atoms with Crippen LogP contribution in [-0.4, -0.2) is 36.4 Å². The second-order valence-corrected chi connectivity index (χ2v) is 3.47. The Morgan fingerprint density at radius 1 is 1.69 bits per heavy atom. The third-order valence-corrected chi connectivity index (χ3v) is 2.36. The van der Waals surface area contributed by atoms with Crippen molar-refractivity contribution in [3.63, 3.8) is 0 Å². The number of piperidine rings is 1. The topological polar surface area (TPSA) is 58.6 Å². The van der Waals surface area contributed by atoms with E-state index in [1.54, 1.807) is 0 Å². The van der Waals surface area contributed by atoms with Gasteiger partial charge in [0, 0.05) is 13.2 Å². The Hall–Kier alpha value is -0.610. The number of hydrogen-bond acceptors (Lipinski definition) is 3. The summed E-state index contributed by atoms with van der Waals surface area (Å²) in [4.78, 5) is 10.6. The van der Waals surface area contributed by atoms with Crippen LogP contribution in [-0.2, 0) is 9.53 Å². The van der Waals surface area contributed by atoms with Crippen molar-refractivity contribution in [3.05, 3.63) is 0 Å². The van der Waals surface area contributed by atoms with Crippen molar-refractivity contribution >= 4 is 5.97 Å². The second-order valence-electron chi connectivity index (χ2n) is 3.47. The van der Waals surface area contributed by atoms with E-state index in [0.717, 1.165) is 19.4 Å². The predicted molar refractivity (Wildman–Crippen MR) is 48.7 cm³/mol. The molecule has 1 unspecified atom stereocenters. The minimum atomic E-state index is -0.780. The van der Waals surface area contributed by atoms with Crippen LogP contribution in [0.3, 0.4) is 0 Å². The molecule has 0 aromatic carbocycles. The van der Waals surface area contributed by atoms with E-state index in [2.05, 4.69) is 5.32 Å². The van der Waals surface area contributed by atoms with Gasteiger partial charge in [-0.1, -0.05) is 0 Å². The predicted octanol–water partition coefficient (Wildman–Crippen LogP) is 0.620. The molecule has 4 nitrogen and oxygen atoms in total. The molecule has 13 heavy (non-hydrogen) atoms. The zero-order valence-corrected chi connectivity index (χ0v) is 8.01. The van der Waals surface area contributed by atoms with Crippen molar-refractivity contribution in [3.8, 4) is 0 Å². The minimum absolute atomic E-state index is 0.105. The molecule has 0 radical (unpaired) electrons. The first-order valence-electron chi connectivity index (χ1n) is 4.75. The van der Waals surface area contributed by atoms with Gasteiger partial charge in [0.1, 0.15) is 0 Å². The van der Waals surface area contributed by atoms with Crippen molar-refractivity contribution in [2.75, 3.05) is 19.7 Å². The van der Waals surface area contributed by atoms with E-state index in [-0.39, 0.29) is 6.42 Å². The van der Waals surface area contributed by atoms with Gasteiger partial charge in [0.05, 0.1) is 12.0 Å². The summed E-state index contributed by atoms with van der Waals surface area (Å²) in [7, 11) is 0. The summed E-state index contributed by atoms with van der Waals surface area (Å²) in [6, 6.07) is 0. The number of nitrogens with one attached hydrogen (secondary N) is 1. The van der Waals surface area contributed by atoms with Crippen molar-refractivity contribution in [2.45, 2.75) is 31.8 Å². The molecule has 0 aromatic rings. The first-order chi connectivity index (χ1) is 6.18. The Morgan fingerprint density at radius 2 is 2.46 bits per heavy atom. The Bertz CT molecular complexity index is 170. The normalized spacial score (nSPS) is 28.7. The van der Waals surface area contributed by atoms with Crippen LogP contribution in [0.15, 0.2) is 0 Å². The van der Waals surface area contributed by atoms with Crippen molar-refractivity contribution in [1.82, 2.24) is 5.32 Å². The van der Waals surface area contributed by atoms with Gasteiger partial charge in [0.2, 0.25) is 0 Å². The highest BCUT2D eigenvalue weighted by atomic mass is 16.5. The summed E-state index contributed by atoms with van der Waals surface area (Å²) < 4.78 is 5.54. The van der Waals surface area contributed by atoms with Crippen LogP contribution in [0.1, 0.15) is 26.2 Å². The Balaban J connectivity index is 2.55. The number of carboxylic acids is 1. The maximum Gasteiger partial charge on any atom is 0.306 e. The van der Waals surface area contributed by atoms with E-state index in [0.29, 0.717) is 13.2 Å². The molecule has 1 rings (SSSR count). The Labute approximate surface area is 78.3 Å². The third-order valence-electron chi connectivity index (χ3n) is 2.36. The van der Waals surface area contributed by atoms with Crippen LogP contribution >= 0.6 is 0 Å². The number of rotatable bonds is 4. The van der Waals surface area contributed by atoms with Gasteiger partial charge < -0.3 is 15.2 Å². The lowest BCUT2D eigenvalue weighted by atomic mass is 9.90. The molecule has 0 aromatic heterocycles. The average molecular weight is 187 g/mol. The zero-order valence-electron chi connectivity index (χ0n) is 8.01. The highest BCUT2D eigenvalue weighted by Gasteiger charge is 2.34. The van der Waals surface area contributed by atoms with Crippen LogP contribution in [0.25, 0.3) is 0 Å².